The number of benzene rings is 7. The molecule has 5 saturated heterocycles. The Hall–Kier alpha value is 0.510. The standard InChI is InChI=1S/C33H33Cl2F2NP2.C26H36P2.C24H40P2.C20H40P2.4Cr/c1-3-4-21-38(39(30-17-15-26(34)22-28(30)36)31-18-16-27(35)23-29(31)37)40(2)32(24-11-7-5-8-12-24)19-20-33(40)25-13-9-6-10-14-25;1-25(2,3)27(7)17-19-13-9-11-15-21(19)23(27)24-22-16-12-10-14-20(22)18-28(24,8)26(4,5)6;1-7-19-15-16-20(8-2)25(19,5)23-13-11-12-14-24(23)26(6)21(9-3)17-18-22(26)10-4;1-7-17-11-12-18(8-2)21(17,5)15-16-22(6)19(9-3)13-14-20(22)10-4;;;;/h5-18,22-23,32-33H,2-4,19-21H2,1H3;9-16,23-24H,7-8,17-18H2,1-6H3;11-14,19-22H,5-10,15-18H2,1-4H3;17-20H,5-16H2,1-4H3;;;;/p+1/t32-,33-;23-,24?,27?,28?;19-,20-,21-,22-;17-,18-,19-,20-;;;;/m1111..../s1. The van der Waals surface area contributed by atoms with Crippen molar-refractivity contribution in [3.05, 3.63) is 272 Å². The molecular formula is C103H150Cl2Cr4F2NP8+. The van der Waals surface area contributed by atoms with Crippen LogP contribution in [-0.4, -0.2) is 78.9 Å². The first kappa shape index (κ1) is 108. The second-order valence-electron chi connectivity index (χ2n) is 38.2. The summed E-state index contributed by atoms with van der Waals surface area (Å²) in [6.07, 6.45) is 31.4. The van der Waals surface area contributed by atoms with Gasteiger partial charge in [-0.05, 0) is 234 Å². The second kappa shape index (κ2) is 45.8. The first-order valence-electron chi connectivity index (χ1n) is 45.2. The Morgan fingerprint density at radius 1 is 0.383 bits per heavy atom. The molecule has 658 valence electrons. The molecule has 7 aromatic rings. The quantitative estimate of drug-likeness (QED) is 0.0456. The molecule has 3 unspecified atom stereocenters. The van der Waals surface area contributed by atoms with Crippen LogP contribution in [0.1, 0.15) is 288 Å². The molecule has 14 rings (SSSR count). The zero-order valence-corrected chi connectivity index (χ0v) is 89.8. The molecule has 7 heterocycles. The summed E-state index contributed by atoms with van der Waals surface area (Å²) in [5, 5.41) is 5.53. The van der Waals surface area contributed by atoms with E-state index in [0.29, 0.717) is 38.5 Å². The maximum absolute atomic E-state index is 15.9. The van der Waals surface area contributed by atoms with Crippen LogP contribution >= 0.6 is 82.3 Å². The maximum atomic E-state index is 15.9. The molecule has 7 aliphatic rings. The minimum absolute atomic E-state index is 0. The van der Waals surface area contributed by atoms with Crippen molar-refractivity contribution < 1.29 is 78.2 Å². The van der Waals surface area contributed by atoms with E-state index in [4.69, 9.17) is 69.9 Å². The zero-order valence-electron chi connectivity index (χ0n) is 75.9. The predicted molar refractivity (Wildman–Crippen MR) is 536 cm³/mol. The molecule has 0 saturated carbocycles. The first-order valence-corrected chi connectivity index (χ1v) is 62.7. The van der Waals surface area contributed by atoms with Crippen LogP contribution in [0, 0.1) is 58.3 Å². The van der Waals surface area contributed by atoms with Gasteiger partial charge in [0, 0.05) is 154 Å². The first-order chi connectivity index (χ1) is 55.2. The van der Waals surface area contributed by atoms with Crippen LogP contribution in [0.5, 0.6) is 0 Å². The molecular weight excluding hydrogens is 1820 g/mol. The normalized spacial score (nSPS) is 27.6. The van der Waals surface area contributed by atoms with Gasteiger partial charge in [-0.2, -0.15) is 46.7 Å². The third-order valence-corrected chi connectivity index (χ3v) is 72.0. The van der Waals surface area contributed by atoms with Crippen LogP contribution in [0.2, 0.25) is 10.0 Å². The van der Waals surface area contributed by atoms with E-state index in [9.17, 15) is 0 Å². The average Bonchev–Trinajstić information content (AvgIpc) is 1.53. The molecule has 0 N–H and O–H groups in total. The van der Waals surface area contributed by atoms with Crippen LogP contribution in [0.3, 0.4) is 0 Å². The van der Waals surface area contributed by atoms with E-state index in [-0.39, 0.29) is 91.1 Å². The van der Waals surface area contributed by atoms with E-state index in [1.807, 2.05) is 12.1 Å². The van der Waals surface area contributed by atoms with Crippen molar-refractivity contribution in [2.75, 3.05) is 18.9 Å². The smallest absolute Gasteiger partial charge is 0.176 e. The van der Waals surface area contributed by atoms with Gasteiger partial charge in [0.2, 0.25) is 0 Å². The Morgan fingerprint density at radius 3 is 0.967 bits per heavy atom. The molecule has 7 aliphatic heterocycles. The van der Waals surface area contributed by atoms with E-state index < -0.39 is 70.7 Å². The van der Waals surface area contributed by atoms with Crippen molar-refractivity contribution in [3.63, 3.8) is 0 Å². The fourth-order valence-corrected chi connectivity index (χ4v) is 64.6. The Balaban J connectivity index is 0.000000224. The summed E-state index contributed by atoms with van der Waals surface area (Å²) >= 11 is 12.4. The summed E-state index contributed by atoms with van der Waals surface area (Å²) in [5.41, 5.74) is 17.5. The Morgan fingerprint density at radius 2 is 0.675 bits per heavy atom. The van der Waals surface area contributed by atoms with Gasteiger partial charge >= 0.3 is 0 Å². The van der Waals surface area contributed by atoms with E-state index in [0.717, 1.165) is 71.0 Å². The third kappa shape index (κ3) is 21.2. The summed E-state index contributed by atoms with van der Waals surface area (Å²) in [4.78, 5) is 0. The molecule has 0 amide bonds. The molecule has 17 heteroatoms. The Bertz CT molecular complexity index is 4050. The number of rotatable bonds is 23. The number of hydrogen-bond donors (Lipinski definition) is 0. The molecule has 0 aliphatic carbocycles. The summed E-state index contributed by atoms with van der Waals surface area (Å²) in [7, 11) is -12.2. The summed E-state index contributed by atoms with van der Waals surface area (Å²) in [6, 6.07) is 58.8. The fourth-order valence-electron chi connectivity index (χ4n) is 23.7. The number of nitrogens with zero attached hydrogens (tertiary/aromatic N) is 1. The molecule has 0 spiro atoms. The Kier molecular flexibility index (Phi) is 41.0. The summed E-state index contributed by atoms with van der Waals surface area (Å²) < 4.78 is 34.3. The minimum Gasteiger partial charge on any atom is -0.202 e. The van der Waals surface area contributed by atoms with Crippen LogP contribution < -0.4 is 21.2 Å². The summed E-state index contributed by atoms with van der Waals surface area (Å²) in [5.74, 6) is -0.814. The van der Waals surface area contributed by atoms with Crippen molar-refractivity contribution in [1.29, 1.82) is 0 Å². The molecule has 0 bridgehead atoms. The van der Waals surface area contributed by atoms with Crippen LogP contribution in [-0.2, 0) is 81.8 Å². The number of fused-ring (bicyclic) bond motifs is 2. The van der Waals surface area contributed by atoms with Gasteiger partial charge < -0.3 is 0 Å². The fraction of sp³-hybridized carbons (Fsp3) is 0.524. The van der Waals surface area contributed by atoms with Crippen molar-refractivity contribution in [2.45, 2.75) is 323 Å². The van der Waals surface area contributed by atoms with Gasteiger partial charge in [0.1, 0.15) is 21.9 Å². The molecule has 7 aromatic carbocycles. The van der Waals surface area contributed by atoms with Crippen LogP contribution in [0.4, 0.5) is 8.78 Å². The van der Waals surface area contributed by atoms with Gasteiger partial charge in [0.25, 0.3) is 0 Å². The van der Waals surface area contributed by atoms with Gasteiger partial charge in [0.05, 0.1) is 42.5 Å². The SMILES string of the molecule is [CH2-][P+]1(C(C)(C)C)Cc2ccccc2C1[C@H]1c2ccccc2C[P+]1([CH2-])C(C)(C)C.[CH2-][P+]1(CC[P+]2([CH2-])[C@H](CC)CC[C@H]2CC)[C@H](CC)CC[C@H]1CC.[CH2-][P+]1(N(CCCC)[PH+](c2ccc(Cl)cc2F)c2ccc(Cl)cc2F)[C@@H](c2ccccc2)CC[C@@H]1c1ccccc1.[CH2-][P+]1(c2ccccc2[P+]2([CH2-])[C@H](CC)CC[C@H]2CC)[C@H](CC)CC[C@H]1CC.[Cr].[Cr].[Cr].[Cr]. The van der Waals surface area contributed by atoms with Gasteiger partial charge in [-0.25, -0.2) is 8.78 Å². The van der Waals surface area contributed by atoms with E-state index in [1.54, 1.807) is 57.1 Å². The van der Waals surface area contributed by atoms with Crippen LogP contribution in [0.25, 0.3) is 0 Å². The van der Waals surface area contributed by atoms with Gasteiger partial charge in [-0.15, -0.1) is 14.5 Å². The van der Waals surface area contributed by atoms with E-state index in [2.05, 4.69) is 230 Å². The molecule has 14 atom stereocenters. The maximum Gasteiger partial charge on any atom is 0.176 e. The summed E-state index contributed by atoms with van der Waals surface area (Å²) in [6.45, 7) is 72.3. The zero-order chi connectivity index (χ0) is 84.1. The van der Waals surface area contributed by atoms with E-state index in [1.165, 1.54) is 151 Å². The van der Waals surface area contributed by atoms with Crippen molar-refractivity contribution >= 4 is 103 Å². The molecule has 0 aromatic heterocycles. The number of halogens is 4. The van der Waals surface area contributed by atoms with Crippen molar-refractivity contribution in [3.8, 4) is 0 Å². The topological polar surface area (TPSA) is 3.24 Å². The van der Waals surface area contributed by atoms with Crippen LogP contribution in [0.15, 0.2) is 170 Å². The molecule has 120 heavy (non-hydrogen) atoms. The third-order valence-electron chi connectivity index (χ3n) is 31.0. The van der Waals surface area contributed by atoms with E-state index >= 15 is 8.78 Å². The van der Waals surface area contributed by atoms with Gasteiger partial charge in [-0.1, -0.05) is 247 Å². The number of hydrogen-bond acceptors (Lipinski definition) is 1. The van der Waals surface area contributed by atoms with Crippen molar-refractivity contribution in [1.82, 2.24) is 4.44 Å². The van der Waals surface area contributed by atoms with Gasteiger partial charge in [0.15, 0.2) is 30.3 Å². The Labute approximate surface area is 791 Å². The molecule has 5 fully saturated rings. The minimum atomic E-state index is -2.35. The monoisotopic (exact) mass is 1960 g/mol. The largest absolute Gasteiger partial charge is 0.202 e. The van der Waals surface area contributed by atoms with Crippen molar-refractivity contribution in [2.24, 2.45) is 0 Å². The second-order valence-corrected chi connectivity index (χ2v) is 69.7. The number of unbranched alkanes of at least 4 members (excludes halogenated alkanes) is 1. The molecule has 0 radical (unpaired) electrons. The average molecular weight is 1970 g/mol. The predicted octanol–water partition coefficient (Wildman–Crippen LogP) is 33.7. The molecule has 1 nitrogen and oxygen atoms in total. The van der Waals surface area contributed by atoms with Gasteiger partial charge in [-0.3, -0.25) is 0 Å².